The van der Waals surface area contributed by atoms with Gasteiger partial charge < -0.3 is 10.6 Å². The summed E-state index contributed by atoms with van der Waals surface area (Å²) in [5, 5.41) is 7.99. The maximum absolute atomic E-state index is 12.1. The zero-order chi connectivity index (χ0) is 20.7. The van der Waals surface area contributed by atoms with Gasteiger partial charge in [-0.05, 0) is 51.3 Å². The Bertz CT molecular complexity index is 704. The first kappa shape index (κ1) is 26.9. The van der Waals surface area contributed by atoms with Crippen molar-refractivity contribution in [3.63, 3.8) is 0 Å². The molecule has 1 aliphatic rings. The van der Waals surface area contributed by atoms with Gasteiger partial charge in [-0.2, -0.15) is 0 Å². The van der Waals surface area contributed by atoms with Gasteiger partial charge in [0, 0.05) is 60.6 Å². The molecule has 0 amide bonds. The molecule has 1 aliphatic heterocycles. The van der Waals surface area contributed by atoms with Gasteiger partial charge >= 0.3 is 0 Å². The molecular weight excluding hydrogens is 542 g/mol. The van der Waals surface area contributed by atoms with Crippen LogP contribution in [0.25, 0.3) is 0 Å². The van der Waals surface area contributed by atoms with Crippen molar-refractivity contribution in [2.75, 3.05) is 32.4 Å². The number of rotatable bonds is 6. The van der Waals surface area contributed by atoms with E-state index in [1.54, 1.807) is 7.05 Å². The molecule has 2 rings (SSSR count). The Kier molecular flexibility index (Phi) is 11.8. The Morgan fingerprint density at radius 2 is 1.90 bits per heavy atom. The third-order valence-corrected chi connectivity index (χ3v) is 7.49. The number of hydrogen-bond donors (Lipinski definition) is 2. The molecule has 1 heterocycles. The van der Waals surface area contributed by atoms with Gasteiger partial charge in [0.05, 0.1) is 10.0 Å². The molecule has 29 heavy (non-hydrogen) atoms. The topological polar surface area (TPSA) is 56.7 Å². The second-order valence-corrected chi connectivity index (χ2v) is 11.2. The summed E-state index contributed by atoms with van der Waals surface area (Å²) in [6.45, 7) is 9.58. The summed E-state index contributed by atoms with van der Waals surface area (Å²) < 4.78 is 12.0. The number of piperidine rings is 1. The number of hydrogen-bond acceptors (Lipinski definition) is 3. The molecule has 1 aromatic rings. The first-order valence-electron chi connectivity index (χ1n) is 9.71. The van der Waals surface area contributed by atoms with E-state index in [-0.39, 0.29) is 28.7 Å². The molecule has 0 aromatic heterocycles. The molecule has 166 valence electrons. The fourth-order valence-corrected chi connectivity index (χ4v) is 4.31. The Morgan fingerprint density at radius 3 is 2.45 bits per heavy atom. The normalized spacial score (nSPS) is 17.5. The Balaban J connectivity index is 0.00000420. The highest BCUT2D eigenvalue weighted by Crippen LogP contribution is 2.24. The lowest BCUT2D eigenvalue weighted by molar-refractivity contribution is 0.198. The van der Waals surface area contributed by atoms with E-state index in [2.05, 4.69) is 20.5 Å². The third kappa shape index (κ3) is 9.29. The summed E-state index contributed by atoms with van der Waals surface area (Å²) >= 11 is 12.1. The highest BCUT2D eigenvalue weighted by Gasteiger charge is 2.21. The van der Waals surface area contributed by atoms with Gasteiger partial charge in [0.2, 0.25) is 0 Å². The molecule has 0 bridgehead atoms. The third-order valence-electron chi connectivity index (χ3n) is 4.81. The van der Waals surface area contributed by atoms with Crippen LogP contribution in [0.15, 0.2) is 23.2 Å². The summed E-state index contributed by atoms with van der Waals surface area (Å²) in [5.74, 6) is 1.40. The van der Waals surface area contributed by atoms with Gasteiger partial charge in [0.15, 0.2) is 5.96 Å². The van der Waals surface area contributed by atoms with Crippen molar-refractivity contribution >= 4 is 63.9 Å². The Morgan fingerprint density at radius 1 is 1.24 bits per heavy atom. The van der Waals surface area contributed by atoms with E-state index < -0.39 is 10.8 Å². The van der Waals surface area contributed by atoms with Crippen molar-refractivity contribution < 1.29 is 4.21 Å². The van der Waals surface area contributed by atoms with E-state index in [4.69, 9.17) is 23.2 Å². The van der Waals surface area contributed by atoms with Gasteiger partial charge in [-0.3, -0.25) is 14.1 Å². The second kappa shape index (κ2) is 12.7. The van der Waals surface area contributed by atoms with E-state index in [1.165, 1.54) is 5.56 Å². The monoisotopic (exact) mass is 574 g/mol. The zero-order valence-electron chi connectivity index (χ0n) is 17.6. The SMILES string of the molecule is CN=C(NCCS(=O)C(C)(C)C)NC1CCN(Cc2ccc(Cl)c(Cl)c2)CC1.I. The lowest BCUT2D eigenvalue weighted by Crippen LogP contribution is -2.49. The predicted octanol–water partition coefficient (Wildman–Crippen LogP) is 4.29. The molecule has 1 fully saturated rings. The number of nitrogens with zero attached hydrogens (tertiary/aromatic N) is 2. The number of aliphatic imine (C=N–C) groups is 1. The van der Waals surface area contributed by atoms with Crippen molar-refractivity contribution in [1.29, 1.82) is 0 Å². The molecular formula is C20H33Cl2IN4OS. The van der Waals surface area contributed by atoms with Crippen LogP contribution in [0.5, 0.6) is 0 Å². The number of guanidine groups is 1. The summed E-state index contributed by atoms with van der Waals surface area (Å²) in [5.41, 5.74) is 1.19. The van der Waals surface area contributed by atoms with Crippen molar-refractivity contribution in [3.05, 3.63) is 33.8 Å². The molecule has 1 aromatic carbocycles. The summed E-state index contributed by atoms with van der Waals surface area (Å²) in [4.78, 5) is 6.73. The van der Waals surface area contributed by atoms with Crippen LogP contribution in [0.1, 0.15) is 39.2 Å². The van der Waals surface area contributed by atoms with Crippen LogP contribution in [0.3, 0.4) is 0 Å². The van der Waals surface area contributed by atoms with Crippen LogP contribution < -0.4 is 10.6 Å². The van der Waals surface area contributed by atoms with E-state index in [1.807, 2.05) is 39.0 Å². The first-order chi connectivity index (χ1) is 13.2. The van der Waals surface area contributed by atoms with Crippen LogP contribution in [-0.4, -0.2) is 58.3 Å². The van der Waals surface area contributed by atoms with E-state index in [0.717, 1.165) is 38.4 Å². The molecule has 1 unspecified atom stereocenters. The lowest BCUT2D eigenvalue weighted by Gasteiger charge is -2.33. The second-order valence-electron chi connectivity index (χ2n) is 8.10. The Labute approximate surface area is 204 Å². The van der Waals surface area contributed by atoms with Gasteiger partial charge in [0.1, 0.15) is 0 Å². The maximum atomic E-state index is 12.1. The van der Waals surface area contributed by atoms with E-state index >= 15 is 0 Å². The molecule has 0 spiro atoms. The van der Waals surface area contributed by atoms with Crippen LogP contribution in [0.2, 0.25) is 10.0 Å². The number of nitrogens with one attached hydrogen (secondary N) is 2. The summed E-state index contributed by atoms with van der Waals surface area (Å²) in [6.07, 6.45) is 2.10. The number of halogens is 3. The average Bonchev–Trinajstić information content (AvgIpc) is 2.64. The standard InChI is InChI=1S/C20H32Cl2N4OS.HI/c1-20(2,3)28(27)12-9-24-19(23-4)25-16-7-10-26(11-8-16)14-15-5-6-17(21)18(22)13-15;/h5-6,13,16H,7-12,14H2,1-4H3,(H2,23,24,25);1H. The van der Waals surface area contributed by atoms with E-state index in [9.17, 15) is 4.21 Å². The number of benzene rings is 1. The zero-order valence-corrected chi connectivity index (χ0v) is 22.3. The van der Waals surface area contributed by atoms with Crippen molar-refractivity contribution in [2.45, 2.75) is 50.9 Å². The fraction of sp³-hybridized carbons (Fsp3) is 0.650. The first-order valence-corrected chi connectivity index (χ1v) is 11.8. The van der Waals surface area contributed by atoms with Crippen molar-refractivity contribution in [2.24, 2.45) is 4.99 Å². The van der Waals surface area contributed by atoms with E-state index in [0.29, 0.717) is 28.4 Å². The summed E-state index contributed by atoms with van der Waals surface area (Å²) in [6, 6.07) is 6.23. The van der Waals surface area contributed by atoms with Crippen molar-refractivity contribution in [3.8, 4) is 0 Å². The van der Waals surface area contributed by atoms with Gasteiger partial charge in [-0.25, -0.2) is 0 Å². The molecule has 2 N–H and O–H groups in total. The fourth-order valence-electron chi connectivity index (χ4n) is 3.09. The highest BCUT2D eigenvalue weighted by atomic mass is 127. The minimum atomic E-state index is -0.860. The highest BCUT2D eigenvalue weighted by molar-refractivity contribution is 14.0. The Hall–Kier alpha value is -0.0900. The maximum Gasteiger partial charge on any atom is 0.191 e. The smallest absolute Gasteiger partial charge is 0.191 e. The molecule has 9 heteroatoms. The minimum Gasteiger partial charge on any atom is -0.355 e. The van der Waals surface area contributed by atoms with Gasteiger partial charge in [0.25, 0.3) is 0 Å². The van der Waals surface area contributed by atoms with Crippen molar-refractivity contribution in [1.82, 2.24) is 15.5 Å². The minimum absolute atomic E-state index is 0. The molecule has 1 saturated heterocycles. The average molecular weight is 575 g/mol. The van der Waals surface area contributed by atoms with Crippen LogP contribution >= 0.6 is 47.2 Å². The van der Waals surface area contributed by atoms with Gasteiger partial charge in [-0.15, -0.1) is 24.0 Å². The molecule has 0 radical (unpaired) electrons. The van der Waals surface area contributed by atoms with Crippen LogP contribution in [-0.2, 0) is 17.3 Å². The molecule has 5 nitrogen and oxygen atoms in total. The molecule has 0 saturated carbocycles. The predicted molar refractivity (Wildman–Crippen MR) is 137 cm³/mol. The molecule has 1 atom stereocenters. The number of likely N-dealkylation sites (tertiary alicyclic amines) is 1. The summed E-state index contributed by atoms with van der Waals surface area (Å²) in [7, 11) is 0.914. The molecule has 0 aliphatic carbocycles. The largest absolute Gasteiger partial charge is 0.355 e. The van der Waals surface area contributed by atoms with Crippen LogP contribution in [0, 0.1) is 0 Å². The van der Waals surface area contributed by atoms with Gasteiger partial charge in [-0.1, -0.05) is 29.3 Å². The lowest BCUT2D eigenvalue weighted by atomic mass is 10.0. The quantitative estimate of drug-likeness (QED) is 0.302. The van der Waals surface area contributed by atoms with Crippen LogP contribution in [0.4, 0.5) is 0 Å².